The van der Waals surface area contributed by atoms with Crippen molar-refractivity contribution in [3.63, 3.8) is 0 Å². The van der Waals surface area contributed by atoms with E-state index in [0.717, 1.165) is 38.5 Å². The minimum absolute atomic E-state index is 0.132. The Bertz CT molecular complexity index is 1190. The van der Waals surface area contributed by atoms with Gasteiger partial charge in [-0.1, -0.05) is 315 Å². The number of rotatable bonds is 59. The molecule has 1 fully saturated rings. The lowest BCUT2D eigenvalue weighted by Crippen LogP contribution is -2.60. The van der Waals surface area contributed by atoms with Gasteiger partial charge in [-0.2, -0.15) is 0 Å². The molecule has 0 aliphatic carbocycles. The fourth-order valence-electron chi connectivity index (χ4n) is 11.1. The highest BCUT2D eigenvalue weighted by Crippen LogP contribution is 2.24. The molecule has 446 valence electrons. The third-order valence-electron chi connectivity index (χ3n) is 16.4. The van der Waals surface area contributed by atoms with E-state index >= 15 is 0 Å². The minimum Gasteiger partial charge on any atom is -0.394 e. The van der Waals surface area contributed by atoms with Crippen LogP contribution in [0.5, 0.6) is 0 Å². The summed E-state index contributed by atoms with van der Waals surface area (Å²) >= 11 is 0. The van der Waals surface area contributed by atoms with Gasteiger partial charge in [0, 0.05) is 6.42 Å². The molecular formula is C66H129NO8. The summed E-state index contributed by atoms with van der Waals surface area (Å²) in [7, 11) is 0. The van der Waals surface area contributed by atoms with Gasteiger partial charge in [-0.25, -0.2) is 0 Å². The Hall–Kier alpha value is -1.07. The molecule has 1 saturated heterocycles. The first-order valence-corrected chi connectivity index (χ1v) is 33.4. The van der Waals surface area contributed by atoms with Crippen LogP contribution in [-0.4, -0.2) is 87.5 Å². The van der Waals surface area contributed by atoms with E-state index in [2.05, 4.69) is 31.3 Å². The molecule has 9 heteroatoms. The molecule has 0 spiro atoms. The zero-order chi connectivity index (χ0) is 54.3. The number of carbonyl (C=O) groups excluding carboxylic acids is 1. The molecule has 6 N–H and O–H groups in total. The van der Waals surface area contributed by atoms with Crippen molar-refractivity contribution in [3.8, 4) is 0 Å². The quantitative estimate of drug-likeness (QED) is 0.0261. The molecule has 1 aliphatic rings. The van der Waals surface area contributed by atoms with Gasteiger partial charge in [-0.3, -0.25) is 4.79 Å². The van der Waals surface area contributed by atoms with Crippen LogP contribution in [0.1, 0.15) is 348 Å². The summed E-state index contributed by atoms with van der Waals surface area (Å²) in [6.45, 7) is 3.87. The molecule has 0 aromatic heterocycles. The zero-order valence-electron chi connectivity index (χ0n) is 49.8. The van der Waals surface area contributed by atoms with Crippen molar-refractivity contribution >= 4 is 5.91 Å². The molecular weight excluding hydrogens is 935 g/mol. The number of hydrogen-bond donors (Lipinski definition) is 6. The summed E-state index contributed by atoms with van der Waals surface area (Å²) < 4.78 is 11.3. The van der Waals surface area contributed by atoms with Crippen LogP contribution >= 0.6 is 0 Å². The standard InChI is InChI=1S/C66H129NO8/c1-3-5-7-9-11-13-15-17-18-19-20-21-22-23-24-25-26-27-28-29-30-31-32-33-34-35-36-37-38-39-40-41-42-44-46-48-50-52-54-56-62(70)67-59(58-74-66-65(73)64(72)63(71)61(57-68)75-66)60(69)55-53-51-49-47-45-43-16-14-12-10-8-6-4-2/h19-20,59-61,63-66,68-69,71-73H,3-18,21-58H2,1-2H3,(H,67,70)/b20-19-. The van der Waals surface area contributed by atoms with Gasteiger partial charge >= 0.3 is 0 Å². The van der Waals surface area contributed by atoms with E-state index in [1.54, 1.807) is 0 Å². The SMILES string of the molecule is CCCCCCCCCC/C=C\CCCCCCCCCCCCCCCCCCCCCCCCCCCCCC(=O)NC(COC1OC(CO)C(O)C(O)C1O)C(O)CCCCCCCCCCCCCCC. The Morgan fingerprint density at radius 3 is 1.08 bits per heavy atom. The summed E-state index contributed by atoms with van der Waals surface area (Å²) in [6, 6.07) is -0.714. The van der Waals surface area contributed by atoms with E-state index in [4.69, 9.17) is 9.47 Å². The van der Waals surface area contributed by atoms with E-state index < -0.39 is 49.5 Å². The molecule has 1 aliphatic heterocycles. The van der Waals surface area contributed by atoms with Crippen LogP contribution < -0.4 is 5.32 Å². The second-order valence-electron chi connectivity index (χ2n) is 23.6. The molecule has 1 amide bonds. The number of hydrogen-bond acceptors (Lipinski definition) is 8. The van der Waals surface area contributed by atoms with Crippen molar-refractivity contribution in [1.29, 1.82) is 0 Å². The van der Waals surface area contributed by atoms with Crippen LogP contribution in [0.25, 0.3) is 0 Å². The number of ether oxygens (including phenoxy) is 2. The lowest BCUT2D eigenvalue weighted by Gasteiger charge is -2.40. The van der Waals surface area contributed by atoms with Crippen molar-refractivity contribution in [1.82, 2.24) is 5.32 Å². The van der Waals surface area contributed by atoms with E-state index in [1.165, 1.54) is 283 Å². The first-order valence-electron chi connectivity index (χ1n) is 33.4. The number of aliphatic hydroxyl groups excluding tert-OH is 5. The fraction of sp³-hybridized carbons (Fsp3) is 0.955. The van der Waals surface area contributed by atoms with Crippen LogP contribution in [0.15, 0.2) is 12.2 Å². The first kappa shape index (κ1) is 71.9. The summed E-state index contributed by atoms with van der Waals surface area (Å²) in [4.78, 5) is 13.1. The number of allylic oxidation sites excluding steroid dienone is 2. The molecule has 0 aromatic rings. The van der Waals surface area contributed by atoms with Crippen LogP contribution in [0.4, 0.5) is 0 Å². The van der Waals surface area contributed by atoms with Crippen molar-refractivity contribution in [2.45, 2.75) is 391 Å². The average Bonchev–Trinajstić information content (AvgIpc) is 3.41. The van der Waals surface area contributed by atoms with Gasteiger partial charge in [0.25, 0.3) is 0 Å². The Labute approximate surface area is 465 Å². The second kappa shape index (κ2) is 56.2. The molecule has 1 rings (SSSR count). The third kappa shape index (κ3) is 45.4. The molecule has 0 saturated carbocycles. The van der Waals surface area contributed by atoms with Gasteiger partial charge in [-0.05, 0) is 38.5 Å². The normalized spacial score (nSPS) is 18.8. The van der Waals surface area contributed by atoms with Crippen LogP contribution in [-0.2, 0) is 14.3 Å². The van der Waals surface area contributed by atoms with Gasteiger partial charge < -0.3 is 40.3 Å². The van der Waals surface area contributed by atoms with Crippen molar-refractivity contribution in [3.05, 3.63) is 12.2 Å². The second-order valence-corrected chi connectivity index (χ2v) is 23.6. The molecule has 0 radical (unpaired) electrons. The largest absolute Gasteiger partial charge is 0.394 e. The zero-order valence-corrected chi connectivity index (χ0v) is 49.8. The Balaban J connectivity index is 1.99. The maximum atomic E-state index is 13.1. The molecule has 75 heavy (non-hydrogen) atoms. The number of unbranched alkanes of at least 4 members (excludes halogenated alkanes) is 47. The van der Waals surface area contributed by atoms with Gasteiger partial charge in [0.05, 0.1) is 25.4 Å². The number of nitrogens with one attached hydrogen (secondary N) is 1. The molecule has 1 heterocycles. The van der Waals surface area contributed by atoms with E-state index in [1.807, 2.05) is 0 Å². The van der Waals surface area contributed by atoms with Gasteiger partial charge in [0.1, 0.15) is 24.4 Å². The van der Waals surface area contributed by atoms with Crippen molar-refractivity contribution < 1.29 is 39.8 Å². The topological polar surface area (TPSA) is 149 Å². The predicted octanol–water partition coefficient (Wildman–Crippen LogP) is 17.5. The first-order chi connectivity index (χ1) is 36.8. The van der Waals surface area contributed by atoms with E-state index in [9.17, 15) is 30.3 Å². The average molecular weight is 1060 g/mol. The monoisotopic (exact) mass is 1060 g/mol. The highest BCUT2D eigenvalue weighted by molar-refractivity contribution is 5.76. The third-order valence-corrected chi connectivity index (χ3v) is 16.4. The molecule has 9 nitrogen and oxygen atoms in total. The van der Waals surface area contributed by atoms with E-state index in [-0.39, 0.29) is 12.5 Å². The van der Waals surface area contributed by atoms with Gasteiger partial charge in [0.2, 0.25) is 5.91 Å². The minimum atomic E-state index is -1.55. The predicted molar refractivity (Wildman–Crippen MR) is 318 cm³/mol. The summed E-state index contributed by atoms with van der Waals surface area (Å²) in [5.41, 5.74) is 0. The number of carbonyl (C=O) groups is 1. The van der Waals surface area contributed by atoms with Crippen molar-refractivity contribution in [2.24, 2.45) is 0 Å². The summed E-state index contributed by atoms with van der Waals surface area (Å²) in [5.74, 6) is -0.137. The molecule has 0 bridgehead atoms. The van der Waals surface area contributed by atoms with Gasteiger partial charge in [0.15, 0.2) is 6.29 Å². The highest BCUT2D eigenvalue weighted by atomic mass is 16.7. The smallest absolute Gasteiger partial charge is 0.220 e. The van der Waals surface area contributed by atoms with E-state index in [0.29, 0.717) is 12.8 Å². The number of aliphatic hydroxyl groups is 5. The number of amides is 1. The van der Waals surface area contributed by atoms with Crippen molar-refractivity contribution in [2.75, 3.05) is 13.2 Å². The molecule has 7 unspecified atom stereocenters. The van der Waals surface area contributed by atoms with Crippen LogP contribution in [0, 0.1) is 0 Å². The molecule has 7 atom stereocenters. The lowest BCUT2D eigenvalue weighted by atomic mass is 9.99. The molecule has 0 aromatic carbocycles. The fourth-order valence-corrected chi connectivity index (χ4v) is 11.1. The summed E-state index contributed by atoms with van der Waals surface area (Å²) in [5, 5.41) is 54.7. The maximum Gasteiger partial charge on any atom is 0.220 e. The Kier molecular flexibility index (Phi) is 53.9. The summed E-state index contributed by atoms with van der Waals surface area (Å²) in [6.07, 6.45) is 64.4. The van der Waals surface area contributed by atoms with Crippen LogP contribution in [0.3, 0.4) is 0 Å². The highest BCUT2D eigenvalue weighted by Gasteiger charge is 2.44. The Morgan fingerprint density at radius 2 is 0.747 bits per heavy atom. The Morgan fingerprint density at radius 1 is 0.440 bits per heavy atom. The maximum absolute atomic E-state index is 13.1. The van der Waals surface area contributed by atoms with Gasteiger partial charge in [-0.15, -0.1) is 0 Å². The van der Waals surface area contributed by atoms with Crippen LogP contribution in [0.2, 0.25) is 0 Å². The lowest BCUT2D eigenvalue weighted by molar-refractivity contribution is -0.302.